The summed E-state index contributed by atoms with van der Waals surface area (Å²) in [7, 11) is 0. The van der Waals surface area contributed by atoms with Crippen LogP contribution in [0.3, 0.4) is 0 Å². The Morgan fingerprint density at radius 2 is 1.94 bits per heavy atom. The van der Waals surface area contributed by atoms with Crippen molar-refractivity contribution < 1.29 is 14.1 Å². The van der Waals surface area contributed by atoms with Crippen molar-refractivity contribution in [1.29, 1.82) is 5.26 Å². The van der Waals surface area contributed by atoms with Crippen LogP contribution in [-0.2, 0) is 11.2 Å². The van der Waals surface area contributed by atoms with E-state index >= 15 is 0 Å². The highest BCUT2D eigenvalue weighted by Crippen LogP contribution is 2.35. The van der Waals surface area contributed by atoms with E-state index in [1.54, 1.807) is 18.3 Å². The molecule has 166 valence electrons. The third-order valence-corrected chi connectivity index (χ3v) is 5.02. The maximum atomic E-state index is 12.7. The molecule has 0 fully saturated rings. The van der Waals surface area contributed by atoms with Crippen molar-refractivity contribution in [3.05, 3.63) is 83.7 Å². The highest BCUT2D eigenvalue weighted by Gasteiger charge is 2.25. The molecule has 0 aliphatic carbocycles. The van der Waals surface area contributed by atoms with Crippen LogP contribution in [0.2, 0.25) is 0 Å². The van der Waals surface area contributed by atoms with Crippen molar-refractivity contribution >= 4 is 17.1 Å². The van der Waals surface area contributed by atoms with E-state index in [1.807, 2.05) is 69.3 Å². The molecule has 0 saturated heterocycles. The molecule has 4 rings (SSSR count). The maximum Gasteiger partial charge on any atom is 0.408 e. The first-order valence-electron chi connectivity index (χ1n) is 10.6. The number of benzene rings is 2. The van der Waals surface area contributed by atoms with E-state index in [-0.39, 0.29) is 0 Å². The summed E-state index contributed by atoms with van der Waals surface area (Å²) in [6, 6.07) is 20.2. The minimum Gasteiger partial charge on any atom is -0.444 e. The van der Waals surface area contributed by atoms with Crippen LogP contribution in [0.4, 0.5) is 4.79 Å². The predicted octanol–water partition coefficient (Wildman–Crippen LogP) is 5.57. The molecule has 2 heterocycles. The molecular weight excluding hydrogens is 416 g/mol. The summed E-state index contributed by atoms with van der Waals surface area (Å²) in [5.41, 5.74) is 3.39. The monoisotopic (exact) mass is 440 g/mol. The number of nitrogens with one attached hydrogen (secondary N) is 1. The quantitative estimate of drug-likeness (QED) is 0.435. The number of pyridine rings is 1. The van der Waals surface area contributed by atoms with Gasteiger partial charge in [-0.2, -0.15) is 5.26 Å². The van der Waals surface area contributed by atoms with E-state index in [1.165, 1.54) is 0 Å². The molecule has 4 aromatic rings. The third kappa shape index (κ3) is 5.18. The molecule has 7 nitrogen and oxygen atoms in total. The van der Waals surface area contributed by atoms with Gasteiger partial charge in [0.25, 0.3) is 0 Å². The maximum absolute atomic E-state index is 12.7. The zero-order chi connectivity index (χ0) is 23.4. The number of hydrogen-bond donors (Lipinski definition) is 1. The van der Waals surface area contributed by atoms with Crippen LogP contribution < -0.4 is 5.32 Å². The van der Waals surface area contributed by atoms with Gasteiger partial charge in [-0.25, -0.2) is 4.79 Å². The third-order valence-electron chi connectivity index (χ3n) is 5.02. The fourth-order valence-corrected chi connectivity index (χ4v) is 3.63. The lowest BCUT2D eigenvalue weighted by atomic mass is 9.92. The summed E-state index contributed by atoms with van der Waals surface area (Å²) in [6.45, 7) is 5.43. The molecule has 7 heteroatoms. The zero-order valence-electron chi connectivity index (χ0n) is 18.7. The first-order valence-corrected chi connectivity index (χ1v) is 10.6. The van der Waals surface area contributed by atoms with Crippen molar-refractivity contribution in [3.8, 4) is 17.3 Å². The number of hydrogen-bond acceptors (Lipinski definition) is 6. The summed E-state index contributed by atoms with van der Waals surface area (Å²) >= 11 is 0. The fraction of sp³-hybridized carbons (Fsp3) is 0.231. The predicted molar refractivity (Wildman–Crippen MR) is 124 cm³/mol. The normalized spacial score (nSPS) is 12.2. The minimum atomic E-state index is -0.653. The zero-order valence-corrected chi connectivity index (χ0v) is 18.7. The van der Waals surface area contributed by atoms with Gasteiger partial charge in [0.05, 0.1) is 17.7 Å². The van der Waals surface area contributed by atoms with E-state index in [0.717, 1.165) is 22.2 Å². The van der Waals surface area contributed by atoms with E-state index < -0.39 is 17.7 Å². The Morgan fingerprint density at radius 1 is 1.15 bits per heavy atom. The largest absolute Gasteiger partial charge is 0.444 e. The molecule has 0 spiro atoms. The number of amides is 1. The van der Waals surface area contributed by atoms with Gasteiger partial charge in [-0.15, -0.1) is 0 Å². The first-order chi connectivity index (χ1) is 15.8. The number of nitriles is 1. The van der Waals surface area contributed by atoms with Gasteiger partial charge in [-0.05, 0) is 62.7 Å². The van der Waals surface area contributed by atoms with Crippen LogP contribution in [0.1, 0.15) is 43.6 Å². The fourth-order valence-electron chi connectivity index (χ4n) is 3.63. The van der Waals surface area contributed by atoms with Gasteiger partial charge >= 0.3 is 6.09 Å². The molecule has 0 radical (unpaired) electrons. The van der Waals surface area contributed by atoms with Gasteiger partial charge in [0.1, 0.15) is 11.3 Å². The van der Waals surface area contributed by atoms with E-state index in [9.17, 15) is 10.1 Å². The van der Waals surface area contributed by atoms with Crippen molar-refractivity contribution in [3.63, 3.8) is 0 Å². The molecule has 0 aliphatic heterocycles. The van der Waals surface area contributed by atoms with Crippen LogP contribution in [0.25, 0.3) is 22.2 Å². The average Bonchev–Trinajstić information content (AvgIpc) is 3.22. The Kier molecular flexibility index (Phi) is 6.09. The number of ether oxygens (including phenoxy) is 1. The van der Waals surface area contributed by atoms with Crippen LogP contribution >= 0.6 is 0 Å². The first kappa shape index (κ1) is 22.0. The molecule has 1 amide bonds. The number of alkyl carbamates (subject to hydrolysis) is 1. The van der Waals surface area contributed by atoms with Crippen molar-refractivity contribution in [2.75, 3.05) is 0 Å². The van der Waals surface area contributed by atoms with E-state index in [4.69, 9.17) is 9.26 Å². The summed E-state index contributed by atoms with van der Waals surface area (Å²) in [5.74, 6) is 0. The Labute approximate surface area is 192 Å². The van der Waals surface area contributed by atoms with Gasteiger partial charge in [0.2, 0.25) is 0 Å². The molecule has 0 bridgehead atoms. The second kappa shape index (κ2) is 9.13. The van der Waals surface area contributed by atoms with E-state index in [2.05, 4.69) is 21.5 Å². The highest BCUT2D eigenvalue weighted by molar-refractivity contribution is 5.92. The Morgan fingerprint density at radius 3 is 2.67 bits per heavy atom. The van der Waals surface area contributed by atoms with Crippen LogP contribution in [0.15, 0.2) is 71.4 Å². The summed E-state index contributed by atoms with van der Waals surface area (Å²) in [5, 5.41) is 17.7. The summed E-state index contributed by atoms with van der Waals surface area (Å²) in [4.78, 5) is 17.2. The molecule has 1 N–H and O–H groups in total. The number of carbonyl (C=O) groups excluding carboxylic acids is 1. The lowest BCUT2D eigenvalue weighted by Crippen LogP contribution is -2.36. The van der Waals surface area contributed by atoms with Crippen LogP contribution in [-0.4, -0.2) is 21.8 Å². The topological polar surface area (TPSA) is 101 Å². The average molecular weight is 441 g/mol. The molecular formula is C26H24N4O3. The number of carbonyl (C=O) groups is 1. The molecule has 2 aromatic carbocycles. The van der Waals surface area contributed by atoms with Crippen molar-refractivity contribution in [1.82, 2.24) is 15.5 Å². The van der Waals surface area contributed by atoms with E-state index in [0.29, 0.717) is 23.3 Å². The highest BCUT2D eigenvalue weighted by atomic mass is 16.6. The van der Waals surface area contributed by atoms with Gasteiger partial charge in [0, 0.05) is 29.3 Å². The Balaban J connectivity index is 1.82. The number of nitrogens with zero attached hydrogens (tertiary/aromatic N) is 3. The molecule has 33 heavy (non-hydrogen) atoms. The lowest BCUT2D eigenvalue weighted by molar-refractivity contribution is 0.0503. The van der Waals surface area contributed by atoms with Crippen LogP contribution in [0, 0.1) is 11.3 Å². The van der Waals surface area contributed by atoms with Crippen molar-refractivity contribution in [2.24, 2.45) is 0 Å². The lowest BCUT2D eigenvalue weighted by Gasteiger charge is -2.25. The smallest absolute Gasteiger partial charge is 0.408 e. The van der Waals surface area contributed by atoms with Gasteiger partial charge in [-0.3, -0.25) is 4.98 Å². The molecule has 0 unspecified atom stereocenters. The van der Waals surface area contributed by atoms with Crippen molar-refractivity contribution in [2.45, 2.75) is 38.8 Å². The number of aromatic nitrogens is 2. The molecule has 0 aliphatic rings. The standard InChI is InChI=1S/C26H24N4O3/c1-26(2,3)32-25(31)29-22(15-18-8-6-7-13-28-18)21-14-17(16-27)11-12-19(21)24-20-9-4-5-10-23(20)33-30-24/h4-14,22H,15H2,1-3H3,(H,29,31)/t22-/m0/s1. The Hall–Kier alpha value is -4.18. The molecule has 1 atom stereocenters. The van der Waals surface area contributed by atoms with Gasteiger partial charge < -0.3 is 14.6 Å². The second-order valence-corrected chi connectivity index (χ2v) is 8.67. The summed E-state index contributed by atoms with van der Waals surface area (Å²) < 4.78 is 11.0. The number of para-hydroxylation sites is 1. The second-order valence-electron chi connectivity index (χ2n) is 8.67. The number of fused-ring (bicyclic) bond motifs is 1. The Bertz CT molecular complexity index is 1320. The SMILES string of the molecule is CC(C)(C)OC(=O)N[C@@H](Cc1ccccn1)c1cc(C#N)ccc1-c1noc2ccccc12. The molecule has 2 aromatic heterocycles. The van der Waals surface area contributed by atoms with Gasteiger partial charge in [-0.1, -0.05) is 29.4 Å². The number of rotatable bonds is 5. The van der Waals surface area contributed by atoms with Crippen LogP contribution in [0.5, 0.6) is 0 Å². The molecule has 0 saturated carbocycles. The summed E-state index contributed by atoms with van der Waals surface area (Å²) in [6.07, 6.45) is 1.55. The minimum absolute atomic E-state index is 0.401. The van der Waals surface area contributed by atoms with Gasteiger partial charge in [0.15, 0.2) is 5.58 Å².